The second kappa shape index (κ2) is 4.48. The minimum absolute atomic E-state index is 0.0289. The van der Waals surface area contributed by atoms with Gasteiger partial charge in [-0.25, -0.2) is 0 Å². The number of hydrogen-bond acceptors (Lipinski definition) is 3. The average Bonchev–Trinajstić information content (AvgIpc) is 2.73. The van der Waals surface area contributed by atoms with E-state index in [0.29, 0.717) is 6.61 Å². The first-order valence-corrected chi connectivity index (χ1v) is 5.91. The van der Waals surface area contributed by atoms with Crippen LogP contribution in [0.2, 0.25) is 0 Å². The highest BCUT2D eigenvalue weighted by atomic mass is 16.7. The van der Waals surface area contributed by atoms with Crippen molar-refractivity contribution in [2.24, 2.45) is 5.92 Å². The Kier molecular flexibility index (Phi) is 3.19. The molecule has 1 fully saturated rings. The highest BCUT2D eigenvalue weighted by Gasteiger charge is 2.42. The molecule has 1 aromatic carbocycles. The van der Waals surface area contributed by atoms with Crippen molar-refractivity contribution >= 4 is 0 Å². The maximum atomic E-state index is 9.22. The number of rotatable bonds is 1. The standard InChI is InChI=1S/C14H18N2O/c1-14(2,3)16-13(12(9-15)10-17-16)11-7-5-4-6-8-11/h4-8,12-13H,10H2,1-3H3. The normalized spacial score (nSPS) is 25.8. The van der Waals surface area contributed by atoms with E-state index in [9.17, 15) is 5.26 Å². The monoisotopic (exact) mass is 230 g/mol. The van der Waals surface area contributed by atoms with Crippen molar-refractivity contribution in [1.29, 1.82) is 5.26 Å². The second-order valence-electron chi connectivity index (χ2n) is 5.38. The number of hydrogen-bond donors (Lipinski definition) is 0. The second-order valence-corrected chi connectivity index (χ2v) is 5.38. The van der Waals surface area contributed by atoms with E-state index in [1.54, 1.807) is 0 Å². The zero-order valence-corrected chi connectivity index (χ0v) is 10.6. The molecule has 1 aromatic rings. The Labute approximate surface area is 103 Å². The molecule has 0 spiro atoms. The molecule has 0 radical (unpaired) electrons. The Morgan fingerprint density at radius 2 is 1.94 bits per heavy atom. The molecule has 0 bridgehead atoms. The van der Waals surface area contributed by atoms with Crippen LogP contribution in [0.4, 0.5) is 0 Å². The largest absolute Gasteiger partial charge is 0.296 e. The Balaban J connectivity index is 2.36. The fourth-order valence-corrected chi connectivity index (χ4v) is 2.23. The number of nitriles is 1. The molecular formula is C14H18N2O. The lowest BCUT2D eigenvalue weighted by molar-refractivity contribution is -0.189. The lowest BCUT2D eigenvalue weighted by atomic mass is 9.93. The van der Waals surface area contributed by atoms with Gasteiger partial charge in [-0.1, -0.05) is 30.3 Å². The van der Waals surface area contributed by atoms with Crippen LogP contribution in [0.25, 0.3) is 0 Å². The van der Waals surface area contributed by atoms with Crippen LogP contribution in [-0.2, 0) is 4.84 Å². The van der Waals surface area contributed by atoms with E-state index in [2.05, 4.69) is 39.0 Å². The van der Waals surface area contributed by atoms with Gasteiger partial charge in [0, 0.05) is 5.54 Å². The van der Waals surface area contributed by atoms with Crippen molar-refractivity contribution in [2.45, 2.75) is 32.4 Å². The van der Waals surface area contributed by atoms with Gasteiger partial charge in [-0.05, 0) is 26.3 Å². The van der Waals surface area contributed by atoms with E-state index in [4.69, 9.17) is 4.84 Å². The van der Waals surface area contributed by atoms with E-state index in [0.717, 1.165) is 5.56 Å². The molecule has 1 aliphatic rings. The number of benzene rings is 1. The smallest absolute Gasteiger partial charge is 0.0936 e. The van der Waals surface area contributed by atoms with E-state index < -0.39 is 0 Å². The Morgan fingerprint density at radius 1 is 1.29 bits per heavy atom. The zero-order valence-electron chi connectivity index (χ0n) is 10.6. The molecule has 1 saturated heterocycles. The molecule has 3 heteroatoms. The molecule has 0 amide bonds. The molecular weight excluding hydrogens is 212 g/mol. The Bertz CT molecular complexity index is 416. The zero-order chi connectivity index (χ0) is 12.5. The van der Waals surface area contributed by atoms with Crippen molar-refractivity contribution in [3.63, 3.8) is 0 Å². The van der Waals surface area contributed by atoms with Crippen LogP contribution < -0.4 is 0 Å². The molecule has 2 atom stereocenters. The topological polar surface area (TPSA) is 36.3 Å². The summed E-state index contributed by atoms with van der Waals surface area (Å²) < 4.78 is 0. The minimum Gasteiger partial charge on any atom is -0.296 e. The Hall–Kier alpha value is -1.37. The molecule has 17 heavy (non-hydrogen) atoms. The van der Waals surface area contributed by atoms with Gasteiger partial charge in [0.15, 0.2) is 0 Å². The summed E-state index contributed by atoms with van der Waals surface area (Å²) in [4.78, 5) is 5.70. The summed E-state index contributed by atoms with van der Waals surface area (Å²) in [6.45, 7) is 6.78. The van der Waals surface area contributed by atoms with E-state index in [-0.39, 0.29) is 17.5 Å². The van der Waals surface area contributed by atoms with Crippen molar-refractivity contribution in [3.8, 4) is 6.07 Å². The number of hydroxylamine groups is 2. The van der Waals surface area contributed by atoms with Crippen LogP contribution in [0.15, 0.2) is 30.3 Å². The molecule has 2 rings (SSSR count). The average molecular weight is 230 g/mol. The highest BCUT2D eigenvalue weighted by Crippen LogP contribution is 2.39. The van der Waals surface area contributed by atoms with Crippen LogP contribution in [0, 0.1) is 17.2 Å². The van der Waals surface area contributed by atoms with Gasteiger partial charge in [-0.15, -0.1) is 0 Å². The summed E-state index contributed by atoms with van der Waals surface area (Å²) in [6, 6.07) is 12.5. The third-order valence-electron chi connectivity index (χ3n) is 3.00. The van der Waals surface area contributed by atoms with Gasteiger partial charge in [0.05, 0.1) is 24.6 Å². The van der Waals surface area contributed by atoms with E-state index in [1.807, 2.05) is 23.3 Å². The first-order chi connectivity index (χ1) is 8.04. The Morgan fingerprint density at radius 3 is 2.47 bits per heavy atom. The van der Waals surface area contributed by atoms with Gasteiger partial charge < -0.3 is 0 Å². The van der Waals surface area contributed by atoms with E-state index in [1.165, 1.54) is 0 Å². The van der Waals surface area contributed by atoms with Gasteiger partial charge in [0.1, 0.15) is 0 Å². The van der Waals surface area contributed by atoms with Gasteiger partial charge in [0.25, 0.3) is 0 Å². The van der Waals surface area contributed by atoms with Crippen molar-refractivity contribution in [3.05, 3.63) is 35.9 Å². The summed E-state index contributed by atoms with van der Waals surface area (Å²) in [6.07, 6.45) is 0. The summed E-state index contributed by atoms with van der Waals surface area (Å²) in [5, 5.41) is 11.2. The van der Waals surface area contributed by atoms with Crippen LogP contribution in [0.3, 0.4) is 0 Å². The van der Waals surface area contributed by atoms with Crippen molar-refractivity contribution in [2.75, 3.05) is 6.61 Å². The van der Waals surface area contributed by atoms with E-state index >= 15 is 0 Å². The fourth-order valence-electron chi connectivity index (χ4n) is 2.23. The molecule has 2 unspecified atom stereocenters. The van der Waals surface area contributed by atoms with Gasteiger partial charge in [0.2, 0.25) is 0 Å². The first kappa shape index (κ1) is 12.1. The highest BCUT2D eigenvalue weighted by molar-refractivity contribution is 5.22. The molecule has 0 aromatic heterocycles. The summed E-state index contributed by atoms with van der Waals surface area (Å²) >= 11 is 0. The maximum absolute atomic E-state index is 9.22. The first-order valence-electron chi connectivity index (χ1n) is 5.91. The molecule has 3 nitrogen and oxygen atoms in total. The predicted molar refractivity (Wildman–Crippen MR) is 65.8 cm³/mol. The summed E-state index contributed by atoms with van der Waals surface area (Å²) in [7, 11) is 0. The van der Waals surface area contributed by atoms with Crippen LogP contribution in [-0.4, -0.2) is 17.2 Å². The van der Waals surface area contributed by atoms with Gasteiger partial charge >= 0.3 is 0 Å². The third-order valence-corrected chi connectivity index (χ3v) is 3.00. The summed E-state index contributed by atoms with van der Waals surface area (Å²) in [5.74, 6) is -0.100. The van der Waals surface area contributed by atoms with Crippen molar-refractivity contribution in [1.82, 2.24) is 5.06 Å². The summed E-state index contributed by atoms with van der Waals surface area (Å²) in [5.41, 5.74) is 1.04. The van der Waals surface area contributed by atoms with Gasteiger partial charge in [-0.2, -0.15) is 10.3 Å². The molecule has 1 heterocycles. The van der Waals surface area contributed by atoms with Gasteiger partial charge in [-0.3, -0.25) is 4.84 Å². The van der Waals surface area contributed by atoms with Crippen molar-refractivity contribution < 1.29 is 4.84 Å². The molecule has 90 valence electrons. The SMILES string of the molecule is CC(C)(C)N1OCC(C#N)C1c1ccccc1. The maximum Gasteiger partial charge on any atom is 0.0936 e. The fraction of sp³-hybridized carbons (Fsp3) is 0.500. The van der Waals surface area contributed by atoms with Crippen LogP contribution in [0.1, 0.15) is 32.4 Å². The minimum atomic E-state index is -0.105. The molecule has 0 aliphatic carbocycles. The quantitative estimate of drug-likeness (QED) is 0.744. The lowest BCUT2D eigenvalue weighted by Crippen LogP contribution is -2.40. The van der Waals surface area contributed by atoms with Crippen LogP contribution >= 0.6 is 0 Å². The van der Waals surface area contributed by atoms with Crippen LogP contribution in [0.5, 0.6) is 0 Å². The number of nitrogens with zero attached hydrogens (tertiary/aromatic N) is 2. The third kappa shape index (κ3) is 2.33. The lowest BCUT2D eigenvalue weighted by Gasteiger charge is -2.35. The predicted octanol–water partition coefficient (Wildman–Crippen LogP) is 2.91. The molecule has 1 aliphatic heterocycles. The molecule has 0 saturated carbocycles. The molecule has 0 N–H and O–H groups in total.